The van der Waals surface area contributed by atoms with Gasteiger partial charge in [-0.1, -0.05) is 37.6 Å². The fraction of sp³-hybridized carbons (Fsp3) is 0.444. The topological polar surface area (TPSA) is 89.7 Å². The number of non-ortho nitro benzene ring substituents is 1. The highest BCUT2D eigenvalue weighted by Gasteiger charge is 2.62. The van der Waals surface area contributed by atoms with Crippen LogP contribution in [0, 0.1) is 35.8 Å². The second kappa shape index (κ2) is 7.80. The summed E-state index contributed by atoms with van der Waals surface area (Å²) < 4.78 is 6.23. The summed E-state index contributed by atoms with van der Waals surface area (Å²) in [6.07, 6.45) is 1.55. The first-order valence-corrected chi connectivity index (χ1v) is 11.8. The van der Waals surface area contributed by atoms with E-state index in [-0.39, 0.29) is 46.2 Å². The van der Waals surface area contributed by atoms with Crippen LogP contribution in [-0.4, -0.2) is 28.0 Å². The van der Waals surface area contributed by atoms with Gasteiger partial charge in [-0.15, -0.1) is 0 Å². The predicted molar refractivity (Wildman–Crippen MR) is 125 cm³/mol. The monoisotopic (exact) mass is 447 g/mol. The molecule has 2 aromatic rings. The van der Waals surface area contributed by atoms with Crippen molar-refractivity contribution in [1.29, 1.82) is 0 Å². The van der Waals surface area contributed by atoms with E-state index >= 15 is 0 Å². The molecule has 0 saturated carbocycles. The maximum atomic E-state index is 13.7. The van der Waals surface area contributed by atoms with Gasteiger partial charge in [0.2, 0.25) is 0 Å². The van der Waals surface area contributed by atoms with Gasteiger partial charge in [0.25, 0.3) is 5.69 Å². The van der Waals surface area contributed by atoms with E-state index < -0.39 is 5.92 Å². The van der Waals surface area contributed by atoms with Crippen molar-refractivity contribution in [2.75, 3.05) is 0 Å². The van der Waals surface area contributed by atoms with E-state index in [4.69, 9.17) is 4.74 Å². The Balaban J connectivity index is 1.59. The predicted octanol–water partition coefficient (Wildman–Crippen LogP) is 5.38. The van der Waals surface area contributed by atoms with Crippen LogP contribution in [0.1, 0.15) is 59.6 Å². The molecule has 6 nitrogen and oxygen atoms in total. The first kappa shape index (κ1) is 21.8. The lowest BCUT2D eigenvalue weighted by Crippen LogP contribution is -2.33. The number of aliphatic hydroxyl groups is 1. The van der Waals surface area contributed by atoms with Crippen LogP contribution in [-0.2, 0) is 22.4 Å². The SMILES string of the molecule is CCc1cc(C)cc(CC)c1C1=C(O)[C@@H]2[C@@H]3O[C@@H](C[C@H]3c3cc([N+](=O)[O-])ccc3C)[C@@H]2C1=O. The summed E-state index contributed by atoms with van der Waals surface area (Å²) in [4.78, 5) is 24.6. The number of rotatable bonds is 5. The molecule has 2 aliphatic heterocycles. The number of nitro benzene ring substituents is 1. The van der Waals surface area contributed by atoms with Gasteiger partial charge in [-0.2, -0.15) is 0 Å². The highest BCUT2D eigenvalue weighted by Crippen LogP contribution is 2.58. The Hall–Kier alpha value is -2.99. The van der Waals surface area contributed by atoms with Crippen LogP contribution >= 0.6 is 0 Å². The minimum atomic E-state index is -0.398. The fourth-order valence-corrected chi connectivity index (χ4v) is 6.37. The average Bonchev–Trinajstić information content (AvgIpc) is 3.45. The van der Waals surface area contributed by atoms with Crippen molar-refractivity contribution < 1.29 is 19.6 Å². The van der Waals surface area contributed by atoms with E-state index in [1.54, 1.807) is 12.1 Å². The number of aryl methyl sites for hydroxylation is 4. The number of Topliss-reactive ketones (excluding diaryl/α,β-unsaturated/α-hetero) is 1. The van der Waals surface area contributed by atoms with Crippen molar-refractivity contribution in [2.45, 2.75) is 65.1 Å². The number of nitrogens with zero attached hydrogens (tertiary/aromatic N) is 1. The lowest BCUT2D eigenvalue weighted by atomic mass is 9.71. The molecule has 0 aromatic heterocycles. The number of aliphatic hydroxyl groups excluding tert-OH is 1. The molecule has 2 aromatic carbocycles. The number of benzene rings is 2. The summed E-state index contributed by atoms with van der Waals surface area (Å²) in [6.45, 7) is 8.14. The van der Waals surface area contributed by atoms with Crippen molar-refractivity contribution in [3.8, 4) is 0 Å². The van der Waals surface area contributed by atoms with Gasteiger partial charge in [0, 0.05) is 18.1 Å². The molecule has 2 bridgehead atoms. The molecule has 2 saturated heterocycles. The van der Waals surface area contributed by atoms with Crippen molar-refractivity contribution in [1.82, 2.24) is 0 Å². The summed E-state index contributed by atoms with van der Waals surface area (Å²) in [6, 6.07) is 9.13. The maximum Gasteiger partial charge on any atom is 0.269 e. The molecular weight excluding hydrogens is 418 g/mol. The number of carbonyl (C=O) groups is 1. The highest BCUT2D eigenvalue weighted by molar-refractivity contribution is 6.26. The summed E-state index contributed by atoms with van der Waals surface area (Å²) in [5.74, 6) is -0.743. The Bertz CT molecular complexity index is 1190. The Morgan fingerprint density at radius 2 is 1.76 bits per heavy atom. The standard InChI is InChI=1S/C27H29NO5/c1-5-15-9-13(3)10-16(6-2)21(15)23-25(29)22-20-12-19(27(33-20)24(22)26(23)30)18-11-17(28(31)32)8-7-14(18)4/h7-11,19-20,22,24,27,30H,5-6,12H2,1-4H3/t19-,20-,22-,24+,27+/m0/s1. The molecule has 0 spiro atoms. The minimum Gasteiger partial charge on any atom is -0.511 e. The zero-order valence-electron chi connectivity index (χ0n) is 19.4. The third-order valence-corrected chi connectivity index (χ3v) is 7.81. The smallest absolute Gasteiger partial charge is 0.269 e. The average molecular weight is 448 g/mol. The zero-order chi connectivity index (χ0) is 23.6. The number of ether oxygens (including phenoxy) is 1. The highest BCUT2D eigenvalue weighted by atomic mass is 16.6. The molecule has 6 heteroatoms. The Morgan fingerprint density at radius 3 is 2.36 bits per heavy atom. The normalized spacial score (nSPS) is 28.0. The zero-order valence-corrected chi connectivity index (χ0v) is 19.4. The molecule has 2 fully saturated rings. The molecule has 0 radical (unpaired) electrons. The molecule has 5 atom stereocenters. The van der Waals surface area contributed by atoms with Gasteiger partial charge in [0.1, 0.15) is 5.76 Å². The fourth-order valence-electron chi connectivity index (χ4n) is 6.37. The second-order valence-corrected chi connectivity index (χ2v) is 9.62. The van der Waals surface area contributed by atoms with Gasteiger partial charge < -0.3 is 9.84 Å². The number of carbonyl (C=O) groups excluding carboxylic acids is 1. The van der Waals surface area contributed by atoms with Crippen LogP contribution in [0.5, 0.6) is 0 Å². The Morgan fingerprint density at radius 1 is 1.09 bits per heavy atom. The molecule has 5 rings (SSSR count). The first-order chi connectivity index (χ1) is 15.8. The molecule has 2 heterocycles. The van der Waals surface area contributed by atoms with Crippen LogP contribution in [0.4, 0.5) is 5.69 Å². The van der Waals surface area contributed by atoms with Crippen LogP contribution in [0.3, 0.4) is 0 Å². The summed E-state index contributed by atoms with van der Waals surface area (Å²) in [7, 11) is 0. The molecule has 1 N–H and O–H groups in total. The summed E-state index contributed by atoms with van der Waals surface area (Å²) >= 11 is 0. The van der Waals surface area contributed by atoms with E-state index in [9.17, 15) is 20.0 Å². The van der Waals surface area contributed by atoms with Crippen LogP contribution in [0.15, 0.2) is 36.1 Å². The molecule has 0 amide bonds. The molecular formula is C27H29NO5. The van der Waals surface area contributed by atoms with Gasteiger partial charge in [-0.3, -0.25) is 14.9 Å². The van der Waals surface area contributed by atoms with Gasteiger partial charge in [0.15, 0.2) is 5.78 Å². The first-order valence-electron chi connectivity index (χ1n) is 11.8. The third-order valence-electron chi connectivity index (χ3n) is 7.81. The van der Waals surface area contributed by atoms with E-state index in [0.717, 1.165) is 46.2 Å². The van der Waals surface area contributed by atoms with Crippen LogP contribution in [0.25, 0.3) is 5.57 Å². The number of nitro groups is 1. The largest absolute Gasteiger partial charge is 0.511 e. The van der Waals surface area contributed by atoms with Crippen LogP contribution in [0.2, 0.25) is 0 Å². The van der Waals surface area contributed by atoms with Crippen molar-refractivity contribution in [2.24, 2.45) is 11.8 Å². The Kier molecular flexibility index (Phi) is 5.16. The van der Waals surface area contributed by atoms with Crippen molar-refractivity contribution in [3.63, 3.8) is 0 Å². The van der Waals surface area contributed by atoms with Gasteiger partial charge in [0.05, 0.1) is 34.5 Å². The summed E-state index contributed by atoms with van der Waals surface area (Å²) in [5.41, 5.74) is 6.58. The number of fused-ring (bicyclic) bond motifs is 5. The van der Waals surface area contributed by atoms with Gasteiger partial charge >= 0.3 is 0 Å². The molecule has 0 unspecified atom stereocenters. The molecule has 3 aliphatic rings. The number of hydrogen-bond acceptors (Lipinski definition) is 5. The van der Waals surface area contributed by atoms with E-state index in [1.165, 1.54) is 6.07 Å². The number of ketones is 1. The maximum absolute atomic E-state index is 13.7. The number of allylic oxidation sites excluding steroid dienone is 1. The van der Waals surface area contributed by atoms with Crippen LogP contribution < -0.4 is 0 Å². The quantitative estimate of drug-likeness (QED) is 0.491. The third kappa shape index (κ3) is 3.15. The minimum absolute atomic E-state index is 0.0209. The van der Waals surface area contributed by atoms with Gasteiger partial charge in [-0.25, -0.2) is 0 Å². The Labute approximate surface area is 193 Å². The van der Waals surface area contributed by atoms with E-state index in [0.29, 0.717) is 12.0 Å². The van der Waals surface area contributed by atoms with Crippen molar-refractivity contribution in [3.05, 3.63) is 79.6 Å². The summed E-state index contributed by atoms with van der Waals surface area (Å²) in [5, 5.41) is 22.8. The molecule has 33 heavy (non-hydrogen) atoms. The lowest BCUT2D eigenvalue weighted by molar-refractivity contribution is -0.385. The van der Waals surface area contributed by atoms with Gasteiger partial charge in [-0.05, 0) is 60.9 Å². The second-order valence-electron chi connectivity index (χ2n) is 9.62. The van der Waals surface area contributed by atoms with E-state index in [2.05, 4.69) is 32.9 Å². The van der Waals surface area contributed by atoms with E-state index in [1.807, 2.05) is 6.92 Å². The number of hydrogen-bond donors (Lipinski definition) is 1. The molecule has 1 aliphatic carbocycles. The lowest BCUT2D eigenvalue weighted by Gasteiger charge is -2.28. The molecule has 172 valence electrons. The van der Waals surface area contributed by atoms with Crippen molar-refractivity contribution >= 4 is 17.0 Å².